The number of hydrogen-bond acceptors (Lipinski definition) is 4. The zero-order valence-electron chi connectivity index (χ0n) is 12.5. The molecule has 0 saturated heterocycles. The van der Waals surface area contributed by atoms with Gasteiger partial charge in [0.05, 0.1) is 12.8 Å². The quantitative estimate of drug-likeness (QED) is 0.908. The first-order valence-corrected chi connectivity index (χ1v) is 6.83. The fourth-order valence-corrected chi connectivity index (χ4v) is 2.12. The van der Waals surface area contributed by atoms with E-state index in [2.05, 4.69) is 13.0 Å². The van der Waals surface area contributed by atoms with Crippen LogP contribution in [0.25, 0.3) is 0 Å². The molecule has 1 atom stereocenters. The van der Waals surface area contributed by atoms with E-state index in [-0.39, 0.29) is 6.04 Å². The lowest BCUT2D eigenvalue weighted by molar-refractivity contribution is 0.388. The number of rotatable bonds is 5. The van der Waals surface area contributed by atoms with Crippen LogP contribution in [0.1, 0.15) is 32.0 Å². The molecule has 2 aromatic rings. The summed E-state index contributed by atoms with van der Waals surface area (Å²) in [4.78, 5) is 0. The van der Waals surface area contributed by atoms with Crippen LogP contribution in [-0.2, 0) is 0 Å². The highest BCUT2D eigenvalue weighted by atomic mass is 16.5. The third-order valence-corrected chi connectivity index (χ3v) is 3.42. The highest BCUT2D eigenvalue weighted by Crippen LogP contribution is 2.35. The van der Waals surface area contributed by atoms with Gasteiger partial charge in [-0.15, -0.1) is 0 Å². The van der Waals surface area contributed by atoms with Crippen LogP contribution in [0.5, 0.6) is 17.4 Å². The Balaban J connectivity index is 2.43. The molecule has 0 spiro atoms. The number of anilines is 1. The zero-order valence-corrected chi connectivity index (χ0v) is 12.5. The van der Waals surface area contributed by atoms with Gasteiger partial charge in [0, 0.05) is 18.2 Å². The molecule has 21 heavy (non-hydrogen) atoms. The van der Waals surface area contributed by atoms with Gasteiger partial charge in [-0.05, 0) is 25.5 Å². The minimum absolute atomic E-state index is 0.123. The van der Waals surface area contributed by atoms with Gasteiger partial charge in [0.1, 0.15) is 23.3 Å². The summed E-state index contributed by atoms with van der Waals surface area (Å²) in [5.74, 6) is 1.82. The molecule has 2 rings (SSSR count). The maximum absolute atomic E-state index is 9.25. The Morgan fingerprint density at radius 3 is 2.67 bits per heavy atom. The summed E-state index contributed by atoms with van der Waals surface area (Å²) in [5, 5.41) is 9.25. The Bertz CT molecular complexity index is 671. The molecule has 0 amide bonds. The standard InChI is InChI=1S/C16H19N3O2/c1-4-11(2)19-12(10-17)8-15(18)16(19)21-14-7-5-6-13(9-14)20-3/h5-9,11H,4,18H2,1-3H3/t11-/m0/s1. The lowest BCUT2D eigenvalue weighted by atomic mass is 10.2. The van der Waals surface area contributed by atoms with Crippen molar-refractivity contribution in [2.75, 3.05) is 12.8 Å². The molecule has 1 aromatic heterocycles. The maximum atomic E-state index is 9.25. The molecular formula is C16H19N3O2. The van der Waals surface area contributed by atoms with E-state index in [1.54, 1.807) is 19.2 Å². The molecule has 0 fully saturated rings. The first-order valence-electron chi connectivity index (χ1n) is 6.83. The molecule has 0 saturated carbocycles. The Morgan fingerprint density at radius 2 is 2.05 bits per heavy atom. The second-order valence-electron chi connectivity index (χ2n) is 4.81. The van der Waals surface area contributed by atoms with Crippen LogP contribution in [0.2, 0.25) is 0 Å². The van der Waals surface area contributed by atoms with Crippen molar-refractivity contribution < 1.29 is 9.47 Å². The molecule has 110 valence electrons. The molecule has 2 N–H and O–H groups in total. The SMILES string of the molecule is CC[C@H](C)n1c(C#N)cc(N)c1Oc1cccc(OC)c1. The van der Waals surface area contributed by atoms with Crippen LogP contribution in [0.3, 0.4) is 0 Å². The van der Waals surface area contributed by atoms with Crippen LogP contribution >= 0.6 is 0 Å². The molecule has 0 bridgehead atoms. The summed E-state index contributed by atoms with van der Waals surface area (Å²) >= 11 is 0. The molecule has 1 aromatic carbocycles. The van der Waals surface area contributed by atoms with Gasteiger partial charge >= 0.3 is 0 Å². The number of nitriles is 1. The molecule has 0 aliphatic carbocycles. The van der Waals surface area contributed by atoms with Gasteiger partial charge in [-0.2, -0.15) is 5.26 Å². The van der Waals surface area contributed by atoms with E-state index in [1.165, 1.54) is 0 Å². The lowest BCUT2D eigenvalue weighted by Gasteiger charge is -2.17. The smallest absolute Gasteiger partial charge is 0.224 e. The number of nitrogens with zero attached hydrogens (tertiary/aromatic N) is 2. The van der Waals surface area contributed by atoms with E-state index in [4.69, 9.17) is 15.2 Å². The summed E-state index contributed by atoms with van der Waals surface area (Å²) in [6, 6.07) is 11.2. The third-order valence-electron chi connectivity index (χ3n) is 3.42. The number of nitrogen functional groups attached to an aromatic ring is 1. The van der Waals surface area contributed by atoms with Gasteiger partial charge in [-0.25, -0.2) is 0 Å². The Morgan fingerprint density at radius 1 is 1.33 bits per heavy atom. The fraction of sp³-hybridized carbons (Fsp3) is 0.312. The molecule has 0 aliphatic rings. The Hall–Kier alpha value is -2.61. The van der Waals surface area contributed by atoms with Crippen molar-refractivity contribution in [1.82, 2.24) is 4.57 Å². The Kier molecular flexibility index (Phi) is 4.39. The summed E-state index contributed by atoms with van der Waals surface area (Å²) < 4.78 is 12.9. The third kappa shape index (κ3) is 2.95. The van der Waals surface area contributed by atoms with Gasteiger partial charge in [-0.1, -0.05) is 13.0 Å². The van der Waals surface area contributed by atoms with Crippen molar-refractivity contribution >= 4 is 5.69 Å². The van der Waals surface area contributed by atoms with E-state index >= 15 is 0 Å². The number of nitrogens with two attached hydrogens (primary N) is 1. The number of benzene rings is 1. The summed E-state index contributed by atoms with van der Waals surface area (Å²) in [7, 11) is 1.60. The second-order valence-corrected chi connectivity index (χ2v) is 4.81. The highest BCUT2D eigenvalue weighted by Gasteiger charge is 2.19. The Labute approximate surface area is 124 Å². The monoisotopic (exact) mass is 285 g/mol. The van der Waals surface area contributed by atoms with Crippen LogP contribution < -0.4 is 15.2 Å². The van der Waals surface area contributed by atoms with Crippen molar-refractivity contribution in [1.29, 1.82) is 5.26 Å². The molecule has 5 nitrogen and oxygen atoms in total. The number of methoxy groups -OCH3 is 1. The second kappa shape index (κ2) is 6.23. The van der Waals surface area contributed by atoms with E-state index in [9.17, 15) is 5.26 Å². The number of aromatic nitrogens is 1. The molecular weight excluding hydrogens is 266 g/mol. The van der Waals surface area contributed by atoms with E-state index in [0.717, 1.165) is 6.42 Å². The topological polar surface area (TPSA) is 73.2 Å². The largest absolute Gasteiger partial charge is 0.497 e. The first-order chi connectivity index (χ1) is 10.1. The molecule has 0 unspecified atom stereocenters. The van der Waals surface area contributed by atoms with Gasteiger partial charge in [-0.3, -0.25) is 4.57 Å². The number of ether oxygens (including phenoxy) is 2. The van der Waals surface area contributed by atoms with Crippen molar-refractivity contribution in [3.8, 4) is 23.4 Å². The summed E-state index contributed by atoms with van der Waals surface area (Å²) in [5.41, 5.74) is 6.95. The van der Waals surface area contributed by atoms with Crippen molar-refractivity contribution in [2.24, 2.45) is 0 Å². The van der Waals surface area contributed by atoms with Crippen molar-refractivity contribution in [2.45, 2.75) is 26.3 Å². The van der Waals surface area contributed by atoms with Crippen LogP contribution in [0, 0.1) is 11.3 Å². The van der Waals surface area contributed by atoms with E-state index < -0.39 is 0 Å². The molecule has 0 radical (unpaired) electrons. The van der Waals surface area contributed by atoms with E-state index in [0.29, 0.717) is 28.8 Å². The number of hydrogen-bond donors (Lipinski definition) is 1. The van der Waals surface area contributed by atoms with Crippen LogP contribution in [0.4, 0.5) is 5.69 Å². The predicted molar refractivity (Wildman–Crippen MR) is 81.6 cm³/mol. The minimum Gasteiger partial charge on any atom is -0.497 e. The fourth-order valence-electron chi connectivity index (χ4n) is 2.12. The van der Waals surface area contributed by atoms with Crippen LogP contribution in [0.15, 0.2) is 30.3 Å². The first kappa shape index (κ1) is 14.8. The van der Waals surface area contributed by atoms with Gasteiger partial charge in [0.25, 0.3) is 0 Å². The van der Waals surface area contributed by atoms with Gasteiger partial charge < -0.3 is 15.2 Å². The maximum Gasteiger partial charge on any atom is 0.224 e. The van der Waals surface area contributed by atoms with Gasteiger partial charge in [0.2, 0.25) is 5.88 Å². The lowest BCUT2D eigenvalue weighted by Crippen LogP contribution is -2.08. The average Bonchev–Trinajstić information content (AvgIpc) is 2.83. The van der Waals surface area contributed by atoms with Crippen molar-refractivity contribution in [3.63, 3.8) is 0 Å². The molecule has 1 heterocycles. The van der Waals surface area contributed by atoms with Gasteiger partial charge in [0.15, 0.2) is 0 Å². The molecule has 0 aliphatic heterocycles. The minimum atomic E-state index is 0.123. The average molecular weight is 285 g/mol. The van der Waals surface area contributed by atoms with Crippen molar-refractivity contribution in [3.05, 3.63) is 36.0 Å². The highest BCUT2D eigenvalue weighted by molar-refractivity contribution is 5.57. The summed E-state index contributed by atoms with van der Waals surface area (Å²) in [6.07, 6.45) is 0.872. The predicted octanol–water partition coefficient (Wildman–Crippen LogP) is 3.71. The normalized spacial score (nSPS) is 11.7. The molecule has 5 heteroatoms. The zero-order chi connectivity index (χ0) is 15.4. The van der Waals surface area contributed by atoms with E-state index in [1.807, 2.05) is 29.7 Å². The summed E-state index contributed by atoms with van der Waals surface area (Å²) in [6.45, 7) is 4.08. The van der Waals surface area contributed by atoms with Crippen LogP contribution in [-0.4, -0.2) is 11.7 Å².